The molecule has 156 valence electrons. The van der Waals surface area contributed by atoms with Gasteiger partial charge >= 0.3 is 10.1 Å². The molecule has 0 fully saturated rings. The SMILES string of the molecule is COc1cccc2c1OS(=O)(=O)[C@H]1[C@@H]2c2c([nH]c3ccccc23)S[C@@H]1c1ccccc1. The maximum absolute atomic E-state index is 13.6. The second-order valence-electron chi connectivity index (χ2n) is 7.76. The molecule has 2 aliphatic heterocycles. The maximum atomic E-state index is 13.6. The van der Waals surface area contributed by atoms with E-state index in [1.165, 1.54) is 7.11 Å². The highest BCUT2D eigenvalue weighted by atomic mass is 32.2. The summed E-state index contributed by atoms with van der Waals surface area (Å²) >= 11 is 1.56. The van der Waals surface area contributed by atoms with Crippen molar-refractivity contribution >= 4 is 32.8 Å². The molecule has 0 unspecified atom stereocenters. The van der Waals surface area contributed by atoms with Crippen LogP contribution >= 0.6 is 11.8 Å². The van der Waals surface area contributed by atoms with Crippen LogP contribution in [0.25, 0.3) is 10.9 Å². The van der Waals surface area contributed by atoms with Gasteiger partial charge in [-0.15, -0.1) is 0 Å². The third-order valence-corrected chi connectivity index (χ3v) is 9.28. The van der Waals surface area contributed by atoms with Gasteiger partial charge in [0.05, 0.1) is 17.4 Å². The highest BCUT2D eigenvalue weighted by Gasteiger charge is 2.53. The molecule has 1 N–H and O–H groups in total. The topological polar surface area (TPSA) is 68.4 Å². The molecular weight excluding hydrogens is 430 g/mol. The summed E-state index contributed by atoms with van der Waals surface area (Å²) in [7, 11) is -2.40. The molecule has 6 rings (SSSR count). The highest BCUT2D eigenvalue weighted by Crippen LogP contribution is 2.60. The van der Waals surface area contributed by atoms with Crippen LogP contribution in [0.4, 0.5) is 0 Å². The predicted octanol–water partition coefficient (Wildman–Crippen LogP) is 5.25. The van der Waals surface area contributed by atoms with Crippen molar-refractivity contribution in [2.24, 2.45) is 0 Å². The molecule has 0 bridgehead atoms. The fraction of sp³-hybridized carbons (Fsp3) is 0.167. The lowest BCUT2D eigenvalue weighted by Crippen LogP contribution is -2.42. The summed E-state index contributed by atoms with van der Waals surface area (Å²) in [6.07, 6.45) is 0. The van der Waals surface area contributed by atoms with Crippen LogP contribution in [-0.4, -0.2) is 25.8 Å². The van der Waals surface area contributed by atoms with E-state index >= 15 is 0 Å². The Bertz CT molecular complexity index is 1410. The summed E-state index contributed by atoms with van der Waals surface area (Å²) in [5.41, 5.74) is 3.82. The average molecular weight is 450 g/mol. The third-order valence-electron chi connectivity index (χ3n) is 6.12. The van der Waals surface area contributed by atoms with Crippen molar-refractivity contribution in [2.75, 3.05) is 7.11 Å². The van der Waals surface area contributed by atoms with Crippen LogP contribution in [0.3, 0.4) is 0 Å². The summed E-state index contributed by atoms with van der Waals surface area (Å²) in [6, 6.07) is 23.4. The van der Waals surface area contributed by atoms with Crippen LogP contribution in [0.15, 0.2) is 77.8 Å². The Hall–Kier alpha value is -2.90. The molecule has 1 aromatic heterocycles. The lowest BCUT2D eigenvalue weighted by Gasteiger charge is -2.41. The second-order valence-corrected chi connectivity index (χ2v) is 10.6. The number of ether oxygens (including phenoxy) is 1. The first-order valence-electron chi connectivity index (χ1n) is 10.0. The monoisotopic (exact) mass is 449 g/mol. The van der Waals surface area contributed by atoms with Crippen molar-refractivity contribution in [3.63, 3.8) is 0 Å². The van der Waals surface area contributed by atoms with E-state index in [0.29, 0.717) is 11.5 Å². The summed E-state index contributed by atoms with van der Waals surface area (Å²) in [6.45, 7) is 0. The largest absolute Gasteiger partial charge is 0.493 e. The van der Waals surface area contributed by atoms with Crippen LogP contribution in [0.2, 0.25) is 0 Å². The number of thioether (sulfide) groups is 1. The molecule has 31 heavy (non-hydrogen) atoms. The van der Waals surface area contributed by atoms with Gasteiger partial charge in [-0.25, -0.2) is 0 Å². The predicted molar refractivity (Wildman–Crippen MR) is 122 cm³/mol. The average Bonchev–Trinajstić information content (AvgIpc) is 3.16. The van der Waals surface area contributed by atoms with Crippen LogP contribution < -0.4 is 8.92 Å². The highest BCUT2D eigenvalue weighted by molar-refractivity contribution is 8.00. The molecule has 3 heterocycles. The number of nitrogens with one attached hydrogen (secondary N) is 1. The maximum Gasteiger partial charge on any atom is 0.314 e. The van der Waals surface area contributed by atoms with Gasteiger partial charge < -0.3 is 13.9 Å². The van der Waals surface area contributed by atoms with E-state index < -0.39 is 15.4 Å². The molecule has 0 spiro atoms. The summed E-state index contributed by atoms with van der Waals surface area (Å²) in [5, 5.41) is 0.974. The van der Waals surface area contributed by atoms with Gasteiger partial charge in [0.15, 0.2) is 11.5 Å². The van der Waals surface area contributed by atoms with Crippen molar-refractivity contribution in [3.8, 4) is 11.5 Å². The molecule has 7 heteroatoms. The number of rotatable bonds is 2. The fourth-order valence-corrected chi connectivity index (χ4v) is 8.37. The van der Waals surface area contributed by atoms with Crippen LogP contribution in [0.1, 0.15) is 27.9 Å². The molecule has 4 aromatic rings. The molecule has 0 amide bonds. The molecule has 0 radical (unpaired) electrons. The van der Waals surface area contributed by atoms with Crippen LogP contribution in [0, 0.1) is 0 Å². The standard InChI is InChI=1S/C24H19NO4S2/c1-28-18-13-7-11-16-19-20-15-10-5-6-12-17(15)25-24(20)30-22(14-8-3-2-4-9-14)23(19)31(26,27)29-21(16)18/h2-13,19,22-23,25H,1H3/t19-,22+,23-/m0/s1. The molecule has 5 nitrogen and oxygen atoms in total. The van der Waals surface area contributed by atoms with Crippen LogP contribution in [-0.2, 0) is 10.1 Å². The second kappa shape index (κ2) is 6.80. The number of benzene rings is 3. The molecule has 0 aliphatic carbocycles. The molecular formula is C24H19NO4S2. The molecule has 3 aromatic carbocycles. The van der Waals surface area contributed by atoms with Gasteiger partial charge in [-0.1, -0.05) is 72.4 Å². The van der Waals surface area contributed by atoms with E-state index in [1.54, 1.807) is 17.8 Å². The zero-order chi connectivity index (χ0) is 21.2. The van der Waals surface area contributed by atoms with Crippen molar-refractivity contribution in [1.29, 1.82) is 0 Å². The van der Waals surface area contributed by atoms with Gasteiger partial charge in [-0.2, -0.15) is 8.42 Å². The molecule has 2 aliphatic rings. The molecule has 3 atom stereocenters. The Morgan fingerprint density at radius 1 is 0.968 bits per heavy atom. The number of hydrogen-bond acceptors (Lipinski definition) is 5. The van der Waals surface area contributed by atoms with Crippen molar-refractivity contribution in [3.05, 3.63) is 89.5 Å². The Morgan fingerprint density at radius 2 is 1.74 bits per heavy atom. The summed E-state index contributed by atoms with van der Waals surface area (Å²) < 4.78 is 38.3. The van der Waals surface area contributed by atoms with Crippen molar-refractivity contribution < 1.29 is 17.3 Å². The van der Waals surface area contributed by atoms with Gasteiger partial charge in [-0.05, 0) is 17.7 Å². The number of hydrogen-bond donors (Lipinski definition) is 1. The zero-order valence-electron chi connectivity index (χ0n) is 16.6. The Labute approximate surface area is 184 Å². The van der Waals surface area contributed by atoms with E-state index in [2.05, 4.69) is 4.98 Å². The lowest BCUT2D eigenvalue weighted by atomic mass is 9.84. The number of para-hydroxylation sites is 2. The quantitative estimate of drug-likeness (QED) is 0.424. The minimum Gasteiger partial charge on any atom is -0.493 e. The Morgan fingerprint density at radius 3 is 2.55 bits per heavy atom. The molecule has 0 saturated heterocycles. The summed E-state index contributed by atoms with van der Waals surface area (Å²) in [5.74, 6) is 0.345. The minimum absolute atomic E-state index is 0.293. The van der Waals surface area contributed by atoms with Crippen molar-refractivity contribution in [2.45, 2.75) is 21.4 Å². The Kier molecular flexibility index (Phi) is 4.13. The summed E-state index contributed by atoms with van der Waals surface area (Å²) in [4.78, 5) is 3.53. The first kappa shape index (κ1) is 18.8. The third kappa shape index (κ3) is 2.73. The molecule has 0 saturated carbocycles. The number of fused-ring (bicyclic) bond motifs is 7. The van der Waals surface area contributed by atoms with E-state index in [4.69, 9.17) is 8.92 Å². The van der Waals surface area contributed by atoms with Gasteiger partial charge in [0.1, 0.15) is 5.25 Å². The van der Waals surface area contributed by atoms with Crippen LogP contribution in [0.5, 0.6) is 11.5 Å². The number of H-pyrrole nitrogens is 1. The first-order valence-corrected chi connectivity index (χ1v) is 12.4. The fourth-order valence-electron chi connectivity index (χ4n) is 4.82. The van der Waals surface area contributed by atoms with E-state index in [1.807, 2.05) is 66.7 Å². The van der Waals surface area contributed by atoms with Gasteiger partial charge in [0, 0.05) is 27.9 Å². The van der Waals surface area contributed by atoms with Gasteiger partial charge in [0.2, 0.25) is 0 Å². The minimum atomic E-state index is -3.93. The number of aromatic nitrogens is 1. The Balaban J connectivity index is 1.69. The first-order chi connectivity index (χ1) is 15.1. The van der Waals surface area contributed by atoms with E-state index in [0.717, 1.165) is 32.6 Å². The van der Waals surface area contributed by atoms with E-state index in [-0.39, 0.29) is 11.2 Å². The normalized spacial score (nSPS) is 23.3. The van der Waals surface area contributed by atoms with Gasteiger partial charge in [-0.3, -0.25) is 0 Å². The number of methoxy groups -OCH3 is 1. The zero-order valence-corrected chi connectivity index (χ0v) is 18.2. The smallest absolute Gasteiger partial charge is 0.314 e. The lowest BCUT2D eigenvalue weighted by molar-refractivity contribution is 0.375. The number of aromatic amines is 1. The van der Waals surface area contributed by atoms with Gasteiger partial charge in [0.25, 0.3) is 0 Å². The van der Waals surface area contributed by atoms with Crippen molar-refractivity contribution in [1.82, 2.24) is 4.98 Å². The van der Waals surface area contributed by atoms with E-state index in [9.17, 15) is 8.42 Å².